The molecule has 2 rings (SSSR count). The lowest BCUT2D eigenvalue weighted by Gasteiger charge is -2.09. The topological polar surface area (TPSA) is 79.7 Å². The fourth-order valence-electron chi connectivity index (χ4n) is 1.42. The maximum Gasteiger partial charge on any atom is 0.524 e. The van der Waals surface area contributed by atoms with E-state index in [9.17, 15) is 4.57 Å². The van der Waals surface area contributed by atoms with Gasteiger partial charge in [-0.25, -0.2) is 9.55 Å². The van der Waals surface area contributed by atoms with Crippen molar-refractivity contribution in [2.45, 2.75) is 6.92 Å². The smallest absolute Gasteiger partial charge is 0.402 e. The molecule has 0 spiro atoms. The van der Waals surface area contributed by atoms with Gasteiger partial charge in [0.15, 0.2) is 5.75 Å². The maximum atomic E-state index is 10.8. The number of pyridine rings is 1. The Bertz CT molecular complexity index is 578. The predicted octanol–water partition coefficient (Wildman–Crippen LogP) is 2.01. The van der Waals surface area contributed by atoms with E-state index in [4.69, 9.17) is 9.79 Å². The molecule has 5 nitrogen and oxygen atoms in total. The van der Waals surface area contributed by atoms with Gasteiger partial charge >= 0.3 is 7.82 Å². The zero-order valence-corrected chi connectivity index (χ0v) is 9.39. The number of aromatic nitrogens is 1. The quantitative estimate of drug-likeness (QED) is 0.783. The van der Waals surface area contributed by atoms with Crippen LogP contribution in [0.4, 0.5) is 0 Å². The van der Waals surface area contributed by atoms with Crippen molar-refractivity contribution < 1.29 is 18.9 Å². The molecule has 0 amide bonds. The number of benzene rings is 1. The molecule has 0 aliphatic rings. The Balaban J connectivity index is 2.61. The van der Waals surface area contributed by atoms with E-state index in [-0.39, 0.29) is 5.75 Å². The standard InChI is InChI=1S/C10H10NO4P/c1-7-5-6-8-3-2-4-9(10(8)11-7)15-16(12,13)14/h2-6H,1H3,(H2,12,13,14). The summed E-state index contributed by atoms with van der Waals surface area (Å²) >= 11 is 0. The van der Waals surface area contributed by atoms with E-state index in [0.717, 1.165) is 11.1 Å². The summed E-state index contributed by atoms with van der Waals surface area (Å²) in [5, 5.41) is 0.775. The zero-order chi connectivity index (χ0) is 11.8. The van der Waals surface area contributed by atoms with E-state index in [0.29, 0.717) is 5.52 Å². The molecule has 0 aliphatic heterocycles. The van der Waals surface area contributed by atoms with Gasteiger partial charge in [0.2, 0.25) is 0 Å². The highest BCUT2D eigenvalue weighted by molar-refractivity contribution is 7.46. The first-order valence-electron chi connectivity index (χ1n) is 4.57. The van der Waals surface area contributed by atoms with Gasteiger partial charge in [0.05, 0.1) is 0 Å². The minimum Gasteiger partial charge on any atom is -0.402 e. The highest BCUT2D eigenvalue weighted by Crippen LogP contribution is 2.39. The van der Waals surface area contributed by atoms with E-state index in [1.54, 1.807) is 19.1 Å². The van der Waals surface area contributed by atoms with Crippen LogP contribution in [-0.2, 0) is 4.57 Å². The molecule has 0 saturated carbocycles. The third-order valence-corrected chi connectivity index (χ3v) is 2.47. The fraction of sp³-hybridized carbons (Fsp3) is 0.100. The van der Waals surface area contributed by atoms with Crippen molar-refractivity contribution >= 4 is 18.7 Å². The second-order valence-corrected chi connectivity index (χ2v) is 4.53. The molecule has 2 N–H and O–H groups in total. The first-order chi connectivity index (χ1) is 7.46. The Morgan fingerprint density at radius 2 is 2.00 bits per heavy atom. The summed E-state index contributed by atoms with van der Waals surface area (Å²) in [6.07, 6.45) is 0. The average molecular weight is 239 g/mol. The number of para-hydroxylation sites is 1. The van der Waals surface area contributed by atoms with Crippen molar-refractivity contribution in [1.29, 1.82) is 0 Å². The lowest BCUT2D eigenvalue weighted by atomic mass is 10.2. The van der Waals surface area contributed by atoms with Gasteiger partial charge in [0.1, 0.15) is 5.52 Å². The fourth-order valence-corrected chi connectivity index (χ4v) is 1.82. The van der Waals surface area contributed by atoms with E-state index in [2.05, 4.69) is 9.51 Å². The molecule has 6 heteroatoms. The molecule has 84 valence electrons. The highest BCUT2D eigenvalue weighted by atomic mass is 31.2. The Hall–Kier alpha value is -1.42. The van der Waals surface area contributed by atoms with Crippen molar-refractivity contribution in [3.63, 3.8) is 0 Å². The van der Waals surface area contributed by atoms with Gasteiger partial charge in [-0.05, 0) is 19.1 Å². The van der Waals surface area contributed by atoms with Crippen LogP contribution in [0.5, 0.6) is 5.75 Å². The van der Waals surface area contributed by atoms with E-state index in [1.807, 2.05) is 12.1 Å². The summed E-state index contributed by atoms with van der Waals surface area (Å²) < 4.78 is 15.3. The first kappa shape index (κ1) is 11.1. The molecule has 0 unspecified atom stereocenters. The van der Waals surface area contributed by atoms with E-state index < -0.39 is 7.82 Å². The molecular formula is C10H10NO4P. The Morgan fingerprint density at radius 1 is 1.25 bits per heavy atom. The summed E-state index contributed by atoms with van der Waals surface area (Å²) in [5.74, 6) is 0.0922. The number of rotatable bonds is 2. The zero-order valence-electron chi connectivity index (χ0n) is 8.49. The molecule has 1 heterocycles. The molecule has 0 aliphatic carbocycles. The number of nitrogens with zero attached hydrogens (tertiary/aromatic N) is 1. The monoisotopic (exact) mass is 239 g/mol. The molecule has 16 heavy (non-hydrogen) atoms. The number of hydrogen-bond donors (Lipinski definition) is 2. The molecular weight excluding hydrogens is 229 g/mol. The Morgan fingerprint density at radius 3 is 2.69 bits per heavy atom. The molecule has 0 atom stereocenters. The SMILES string of the molecule is Cc1ccc2cccc(OP(=O)(O)O)c2n1. The van der Waals surface area contributed by atoms with Crippen LogP contribution >= 0.6 is 7.82 Å². The van der Waals surface area contributed by atoms with Crippen LogP contribution in [0.3, 0.4) is 0 Å². The van der Waals surface area contributed by atoms with Gasteiger partial charge in [-0.15, -0.1) is 0 Å². The van der Waals surface area contributed by atoms with Crippen molar-refractivity contribution in [2.75, 3.05) is 0 Å². The largest absolute Gasteiger partial charge is 0.524 e. The molecule has 0 fully saturated rings. The predicted molar refractivity (Wildman–Crippen MR) is 59.2 cm³/mol. The van der Waals surface area contributed by atoms with Crippen molar-refractivity contribution in [3.05, 3.63) is 36.0 Å². The molecule has 0 saturated heterocycles. The van der Waals surface area contributed by atoms with Gasteiger partial charge in [0, 0.05) is 11.1 Å². The van der Waals surface area contributed by atoms with Gasteiger partial charge in [-0.3, -0.25) is 9.79 Å². The van der Waals surface area contributed by atoms with E-state index >= 15 is 0 Å². The highest BCUT2D eigenvalue weighted by Gasteiger charge is 2.17. The van der Waals surface area contributed by atoms with Crippen molar-refractivity contribution in [1.82, 2.24) is 4.98 Å². The van der Waals surface area contributed by atoms with Gasteiger partial charge in [0.25, 0.3) is 0 Å². The van der Waals surface area contributed by atoms with Crippen LogP contribution in [0.25, 0.3) is 10.9 Å². The van der Waals surface area contributed by atoms with Gasteiger partial charge in [-0.2, -0.15) is 0 Å². The lowest BCUT2D eigenvalue weighted by molar-refractivity contribution is 0.284. The number of phosphoric acid groups is 1. The summed E-state index contributed by atoms with van der Waals surface area (Å²) in [6.45, 7) is 1.80. The molecule has 1 aromatic carbocycles. The van der Waals surface area contributed by atoms with Gasteiger partial charge < -0.3 is 4.52 Å². The molecule has 2 aromatic rings. The van der Waals surface area contributed by atoms with Crippen LogP contribution in [-0.4, -0.2) is 14.8 Å². The second kappa shape index (κ2) is 3.87. The summed E-state index contributed by atoms with van der Waals surface area (Å²) in [4.78, 5) is 21.7. The number of hydrogen-bond acceptors (Lipinski definition) is 3. The van der Waals surface area contributed by atoms with Crippen LogP contribution in [0.1, 0.15) is 5.69 Å². The third kappa shape index (κ3) is 2.39. The van der Waals surface area contributed by atoms with Crippen molar-refractivity contribution in [2.24, 2.45) is 0 Å². The second-order valence-electron chi connectivity index (χ2n) is 3.36. The number of fused-ring (bicyclic) bond motifs is 1. The Labute approximate surface area is 91.9 Å². The maximum absolute atomic E-state index is 10.8. The number of aryl methyl sites for hydroxylation is 1. The molecule has 0 radical (unpaired) electrons. The van der Waals surface area contributed by atoms with Crippen molar-refractivity contribution in [3.8, 4) is 5.75 Å². The Kier molecular flexibility index (Phi) is 2.68. The number of phosphoric ester groups is 1. The average Bonchev–Trinajstić information content (AvgIpc) is 2.17. The minimum atomic E-state index is -4.55. The van der Waals surface area contributed by atoms with Crippen LogP contribution in [0, 0.1) is 6.92 Å². The minimum absolute atomic E-state index is 0.0922. The van der Waals surface area contributed by atoms with Crippen LogP contribution in [0.2, 0.25) is 0 Å². The molecule has 1 aromatic heterocycles. The van der Waals surface area contributed by atoms with Crippen LogP contribution in [0.15, 0.2) is 30.3 Å². The summed E-state index contributed by atoms with van der Waals surface area (Å²) in [5.41, 5.74) is 1.21. The van der Waals surface area contributed by atoms with Gasteiger partial charge in [-0.1, -0.05) is 18.2 Å². The normalized spacial score (nSPS) is 11.7. The first-order valence-corrected chi connectivity index (χ1v) is 6.10. The summed E-state index contributed by atoms with van der Waals surface area (Å²) in [7, 11) is -4.55. The third-order valence-electron chi connectivity index (χ3n) is 2.04. The summed E-state index contributed by atoms with van der Waals surface area (Å²) in [6, 6.07) is 8.58. The lowest BCUT2D eigenvalue weighted by Crippen LogP contribution is -1.93. The van der Waals surface area contributed by atoms with Crippen LogP contribution < -0.4 is 4.52 Å². The van der Waals surface area contributed by atoms with E-state index in [1.165, 1.54) is 6.07 Å². The molecule has 0 bridgehead atoms.